The van der Waals surface area contributed by atoms with E-state index in [-0.39, 0.29) is 5.69 Å². The van der Waals surface area contributed by atoms with E-state index in [4.69, 9.17) is 5.26 Å². The number of para-hydroxylation sites is 2. The van der Waals surface area contributed by atoms with Crippen LogP contribution in [0, 0.1) is 21.4 Å². The van der Waals surface area contributed by atoms with Crippen molar-refractivity contribution < 1.29 is 4.92 Å². The molecule has 6 nitrogen and oxygen atoms in total. The zero-order valence-corrected chi connectivity index (χ0v) is 12.6. The lowest BCUT2D eigenvalue weighted by Gasteiger charge is -2.03. The molecule has 0 aliphatic rings. The van der Waals surface area contributed by atoms with Crippen molar-refractivity contribution in [1.82, 2.24) is 9.97 Å². The smallest absolute Gasteiger partial charge is 0.269 e. The van der Waals surface area contributed by atoms with Crippen LogP contribution < -0.4 is 0 Å². The van der Waals surface area contributed by atoms with Crippen LogP contribution in [0.3, 0.4) is 0 Å². The zero-order chi connectivity index (χ0) is 16.2. The van der Waals surface area contributed by atoms with E-state index in [2.05, 4.69) is 9.97 Å². The molecule has 0 spiro atoms. The van der Waals surface area contributed by atoms with Gasteiger partial charge in [-0.25, -0.2) is 4.98 Å². The summed E-state index contributed by atoms with van der Waals surface area (Å²) >= 11 is 1.31. The van der Waals surface area contributed by atoms with Crippen LogP contribution in [-0.4, -0.2) is 14.9 Å². The number of aromatic nitrogens is 2. The molecule has 0 radical (unpaired) electrons. The highest BCUT2D eigenvalue weighted by atomic mass is 32.2. The Morgan fingerprint density at radius 1 is 1.26 bits per heavy atom. The van der Waals surface area contributed by atoms with Gasteiger partial charge in [0.1, 0.15) is 0 Å². The van der Waals surface area contributed by atoms with Gasteiger partial charge in [-0.15, -0.1) is 0 Å². The number of benzene rings is 2. The number of nitrogens with one attached hydrogen (secondary N) is 1. The Kier molecular flexibility index (Phi) is 4.08. The lowest BCUT2D eigenvalue weighted by molar-refractivity contribution is -0.384. The molecular formula is C16H10N4O2S. The first kappa shape index (κ1) is 14.8. The fourth-order valence-corrected chi connectivity index (χ4v) is 2.94. The summed E-state index contributed by atoms with van der Waals surface area (Å²) in [4.78, 5) is 18.6. The Labute approximate surface area is 135 Å². The number of nitro benzene ring substituents is 1. The molecular weight excluding hydrogens is 312 g/mol. The van der Waals surface area contributed by atoms with E-state index in [1.807, 2.05) is 30.3 Å². The molecule has 23 heavy (non-hydrogen) atoms. The van der Waals surface area contributed by atoms with Crippen LogP contribution in [-0.2, 0) is 0 Å². The Morgan fingerprint density at radius 3 is 2.65 bits per heavy atom. The van der Waals surface area contributed by atoms with E-state index in [1.165, 1.54) is 30.0 Å². The summed E-state index contributed by atoms with van der Waals surface area (Å²) < 4.78 is 0. The quantitative estimate of drug-likeness (QED) is 0.337. The molecule has 1 heterocycles. The summed E-state index contributed by atoms with van der Waals surface area (Å²) in [5.74, 6) is 0. The van der Waals surface area contributed by atoms with E-state index in [0.717, 1.165) is 16.6 Å². The maximum absolute atomic E-state index is 10.7. The lowest BCUT2D eigenvalue weighted by Crippen LogP contribution is -1.88. The average Bonchev–Trinajstić information content (AvgIpc) is 2.97. The first-order valence-electron chi connectivity index (χ1n) is 6.64. The predicted octanol–water partition coefficient (Wildman–Crippen LogP) is 4.13. The number of hydrogen-bond donors (Lipinski definition) is 1. The maximum atomic E-state index is 10.7. The van der Waals surface area contributed by atoms with Gasteiger partial charge in [0.25, 0.3) is 5.69 Å². The summed E-state index contributed by atoms with van der Waals surface area (Å²) in [5, 5.41) is 20.4. The molecule has 112 valence electrons. The van der Waals surface area contributed by atoms with Crippen LogP contribution in [0.5, 0.6) is 0 Å². The summed E-state index contributed by atoms with van der Waals surface area (Å²) in [7, 11) is 0. The van der Waals surface area contributed by atoms with Gasteiger partial charge in [0.2, 0.25) is 0 Å². The van der Waals surface area contributed by atoms with Crippen molar-refractivity contribution in [3.63, 3.8) is 0 Å². The minimum atomic E-state index is -0.455. The summed E-state index contributed by atoms with van der Waals surface area (Å²) in [6.45, 7) is 0. The molecule has 0 atom stereocenters. The largest absolute Gasteiger partial charge is 0.333 e. The second kappa shape index (κ2) is 6.34. The standard InChI is InChI=1S/C16H10N4O2S/c17-10-9-15(11-5-7-12(8-6-11)20(21)22)23-16-18-13-3-1-2-4-14(13)19-16/h1-9H,(H,18,19). The molecule has 0 unspecified atom stereocenters. The minimum absolute atomic E-state index is 0.0128. The summed E-state index contributed by atoms with van der Waals surface area (Å²) in [6.07, 6.45) is 1.40. The van der Waals surface area contributed by atoms with Crippen molar-refractivity contribution in [3.05, 3.63) is 70.3 Å². The van der Waals surface area contributed by atoms with Gasteiger partial charge in [0, 0.05) is 23.1 Å². The molecule has 0 saturated heterocycles. The average molecular weight is 322 g/mol. The number of H-pyrrole nitrogens is 1. The molecule has 0 amide bonds. The van der Waals surface area contributed by atoms with E-state index in [9.17, 15) is 10.1 Å². The molecule has 0 bridgehead atoms. The van der Waals surface area contributed by atoms with Gasteiger partial charge in [0.15, 0.2) is 5.16 Å². The number of imidazole rings is 1. The van der Waals surface area contributed by atoms with Crippen LogP contribution in [0.15, 0.2) is 59.8 Å². The van der Waals surface area contributed by atoms with E-state index in [1.54, 1.807) is 12.1 Å². The van der Waals surface area contributed by atoms with E-state index < -0.39 is 4.92 Å². The van der Waals surface area contributed by atoms with E-state index >= 15 is 0 Å². The van der Waals surface area contributed by atoms with Crippen molar-refractivity contribution in [1.29, 1.82) is 5.26 Å². The highest BCUT2D eigenvalue weighted by Gasteiger charge is 2.11. The highest BCUT2D eigenvalue weighted by molar-refractivity contribution is 8.08. The van der Waals surface area contributed by atoms with E-state index in [0.29, 0.717) is 10.1 Å². The van der Waals surface area contributed by atoms with Crippen molar-refractivity contribution in [2.75, 3.05) is 0 Å². The molecule has 2 aromatic carbocycles. The minimum Gasteiger partial charge on any atom is -0.333 e. The Hall–Kier alpha value is -3.11. The first-order chi connectivity index (χ1) is 11.2. The number of aromatic amines is 1. The van der Waals surface area contributed by atoms with Crippen LogP contribution in [0.4, 0.5) is 5.69 Å². The molecule has 0 aliphatic carbocycles. The van der Waals surface area contributed by atoms with Crippen LogP contribution in [0.25, 0.3) is 15.9 Å². The number of allylic oxidation sites excluding steroid dienone is 1. The maximum Gasteiger partial charge on any atom is 0.269 e. The topological polar surface area (TPSA) is 95.6 Å². The SMILES string of the molecule is N#CC=C(Sc1nc2ccccc2[nH]1)c1ccc([N+](=O)[O-])cc1. The van der Waals surface area contributed by atoms with Gasteiger partial charge in [-0.3, -0.25) is 10.1 Å². The lowest BCUT2D eigenvalue weighted by atomic mass is 10.2. The summed E-state index contributed by atoms with van der Waals surface area (Å²) in [6, 6.07) is 15.7. The Morgan fingerprint density at radius 2 is 2.00 bits per heavy atom. The molecule has 1 aromatic heterocycles. The predicted molar refractivity (Wildman–Crippen MR) is 88.6 cm³/mol. The van der Waals surface area contributed by atoms with Gasteiger partial charge in [0.05, 0.1) is 22.0 Å². The molecule has 3 aromatic rings. The first-order valence-corrected chi connectivity index (χ1v) is 7.46. The third-order valence-corrected chi connectivity index (χ3v) is 4.09. The number of rotatable bonds is 4. The second-order valence-electron chi connectivity index (χ2n) is 4.60. The normalized spacial score (nSPS) is 11.3. The van der Waals surface area contributed by atoms with Crippen molar-refractivity contribution >= 4 is 33.4 Å². The molecule has 0 aliphatic heterocycles. The number of nitriles is 1. The number of thioether (sulfide) groups is 1. The Balaban J connectivity index is 1.91. The van der Waals surface area contributed by atoms with Gasteiger partial charge in [-0.1, -0.05) is 23.9 Å². The van der Waals surface area contributed by atoms with Crippen LogP contribution in [0.1, 0.15) is 5.56 Å². The molecule has 7 heteroatoms. The third kappa shape index (κ3) is 3.22. The number of non-ortho nitro benzene ring substituents is 1. The zero-order valence-electron chi connectivity index (χ0n) is 11.8. The molecule has 1 N–H and O–H groups in total. The monoisotopic (exact) mass is 322 g/mol. The van der Waals surface area contributed by atoms with Crippen molar-refractivity contribution in [2.45, 2.75) is 5.16 Å². The van der Waals surface area contributed by atoms with Crippen LogP contribution in [0.2, 0.25) is 0 Å². The second-order valence-corrected chi connectivity index (χ2v) is 5.63. The van der Waals surface area contributed by atoms with Gasteiger partial charge < -0.3 is 4.98 Å². The van der Waals surface area contributed by atoms with Gasteiger partial charge in [-0.05, 0) is 29.8 Å². The third-order valence-electron chi connectivity index (χ3n) is 3.13. The number of nitro groups is 1. The van der Waals surface area contributed by atoms with Crippen molar-refractivity contribution in [2.24, 2.45) is 0 Å². The number of nitrogens with zero attached hydrogens (tertiary/aromatic N) is 3. The van der Waals surface area contributed by atoms with Gasteiger partial charge >= 0.3 is 0 Å². The van der Waals surface area contributed by atoms with Crippen molar-refractivity contribution in [3.8, 4) is 6.07 Å². The number of fused-ring (bicyclic) bond motifs is 1. The summed E-state index contributed by atoms with van der Waals surface area (Å²) in [5.41, 5.74) is 2.49. The fraction of sp³-hybridized carbons (Fsp3) is 0. The number of hydrogen-bond acceptors (Lipinski definition) is 5. The molecule has 0 fully saturated rings. The fourth-order valence-electron chi connectivity index (χ4n) is 2.06. The highest BCUT2D eigenvalue weighted by Crippen LogP contribution is 2.34. The molecule has 3 rings (SSSR count). The Bertz CT molecular complexity index is 906. The van der Waals surface area contributed by atoms with Gasteiger partial charge in [-0.2, -0.15) is 5.26 Å². The molecule has 0 saturated carbocycles. The van der Waals surface area contributed by atoms with Crippen LogP contribution >= 0.6 is 11.8 Å².